The van der Waals surface area contributed by atoms with Gasteiger partial charge in [0.15, 0.2) is 0 Å². The summed E-state index contributed by atoms with van der Waals surface area (Å²) in [6.45, 7) is 3.28. The summed E-state index contributed by atoms with van der Waals surface area (Å²) in [5, 5.41) is 0. The highest BCUT2D eigenvalue weighted by molar-refractivity contribution is 7.88. The molecule has 0 aromatic rings. The van der Waals surface area contributed by atoms with E-state index in [2.05, 4.69) is 0 Å². The average Bonchev–Trinajstić information content (AvgIpc) is 2.69. The van der Waals surface area contributed by atoms with Crippen LogP contribution >= 0.6 is 0 Å². The Hall–Kier alpha value is -0.660. The maximum absolute atomic E-state index is 12.2. The molecule has 0 aromatic carbocycles. The second kappa shape index (κ2) is 5.61. The molecule has 2 saturated heterocycles. The fraction of sp³-hybridized carbons (Fsp3) is 0.923. The Kier molecular flexibility index (Phi) is 4.41. The van der Waals surface area contributed by atoms with Gasteiger partial charge < -0.3 is 9.64 Å². The lowest BCUT2D eigenvalue weighted by molar-refractivity contribution is -0.130. The summed E-state index contributed by atoms with van der Waals surface area (Å²) in [4.78, 5) is 13.2. The van der Waals surface area contributed by atoms with Crippen LogP contribution in [-0.2, 0) is 19.6 Å². The normalized spacial score (nSPS) is 27.1. The predicted octanol–water partition coefficient (Wildman–Crippen LogP) is 0.438. The van der Waals surface area contributed by atoms with Crippen molar-refractivity contribution in [2.24, 2.45) is 0 Å². The highest BCUT2D eigenvalue weighted by Crippen LogP contribution is 2.43. The van der Waals surface area contributed by atoms with Gasteiger partial charge in [-0.05, 0) is 25.7 Å². The molecule has 1 spiro atoms. The van der Waals surface area contributed by atoms with E-state index < -0.39 is 10.0 Å². The zero-order chi connectivity index (χ0) is 15.0. The molecule has 20 heavy (non-hydrogen) atoms. The Morgan fingerprint density at radius 1 is 1.30 bits per heavy atom. The first-order valence-electron chi connectivity index (χ1n) is 7.04. The molecule has 2 aliphatic heterocycles. The van der Waals surface area contributed by atoms with Crippen molar-refractivity contribution in [1.29, 1.82) is 0 Å². The van der Waals surface area contributed by atoms with Gasteiger partial charge in [0.1, 0.15) is 0 Å². The number of carbonyl (C=O) groups is 1. The molecule has 0 radical (unpaired) electrons. The molecule has 116 valence electrons. The number of methoxy groups -OCH3 is 1. The Bertz CT molecular complexity index is 469. The first-order valence-corrected chi connectivity index (χ1v) is 8.89. The number of sulfonamides is 1. The molecular weight excluding hydrogens is 280 g/mol. The van der Waals surface area contributed by atoms with E-state index in [0.717, 1.165) is 25.7 Å². The van der Waals surface area contributed by atoms with Gasteiger partial charge in [-0.3, -0.25) is 4.79 Å². The van der Waals surface area contributed by atoms with Crippen LogP contribution in [0, 0.1) is 0 Å². The summed E-state index contributed by atoms with van der Waals surface area (Å²) < 4.78 is 31.2. The van der Waals surface area contributed by atoms with E-state index in [0.29, 0.717) is 19.7 Å². The zero-order valence-electron chi connectivity index (χ0n) is 12.5. The van der Waals surface area contributed by atoms with Crippen molar-refractivity contribution in [2.75, 3.05) is 33.1 Å². The maximum Gasteiger partial charge on any atom is 0.219 e. The SMILES string of the molecule is COC[C@@H]1CCC2(CCN(C(C)=O)CC2)N1S(C)(=O)=O. The van der Waals surface area contributed by atoms with Crippen LogP contribution in [0.2, 0.25) is 0 Å². The molecule has 2 heterocycles. The van der Waals surface area contributed by atoms with Crippen LogP contribution in [0.15, 0.2) is 0 Å². The molecule has 1 atom stereocenters. The van der Waals surface area contributed by atoms with Gasteiger partial charge in [0.25, 0.3) is 0 Å². The minimum absolute atomic E-state index is 0.0668. The molecular formula is C13H24N2O4S. The number of nitrogens with zero attached hydrogens (tertiary/aromatic N) is 2. The number of piperidine rings is 1. The van der Waals surface area contributed by atoms with Crippen LogP contribution in [0.3, 0.4) is 0 Å². The summed E-state index contributed by atoms with van der Waals surface area (Å²) in [5.41, 5.74) is -0.317. The number of hydrogen-bond acceptors (Lipinski definition) is 4. The molecule has 2 aliphatic rings. The van der Waals surface area contributed by atoms with Crippen molar-refractivity contribution in [3.63, 3.8) is 0 Å². The van der Waals surface area contributed by atoms with Crippen molar-refractivity contribution in [3.8, 4) is 0 Å². The molecule has 0 N–H and O–H groups in total. The number of carbonyl (C=O) groups excluding carboxylic acids is 1. The molecule has 0 saturated carbocycles. The molecule has 0 aliphatic carbocycles. The lowest BCUT2D eigenvalue weighted by atomic mass is 9.86. The molecule has 7 heteroatoms. The van der Waals surface area contributed by atoms with Gasteiger partial charge in [0.05, 0.1) is 12.9 Å². The first kappa shape index (κ1) is 15.7. The van der Waals surface area contributed by atoms with Gasteiger partial charge in [-0.1, -0.05) is 0 Å². The molecule has 0 aromatic heterocycles. The molecule has 1 amide bonds. The third kappa shape index (κ3) is 2.84. The number of ether oxygens (including phenoxy) is 1. The first-order chi connectivity index (χ1) is 9.30. The summed E-state index contributed by atoms with van der Waals surface area (Å²) in [6.07, 6.45) is 4.42. The second-order valence-corrected chi connectivity index (χ2v) is 7.80. The number of hydrogen-bond donors (Lipinski definition) is 0. The third-order valence-corrected chi connectivity index (χ3v) is 6.00. The second-order valence-electron chi connectivity index (χ2n) is 5.94. The molecule has 2 rings (SSSR count). The third-order valence-electron chi connectivity index (χ3n) is 4.60. The van der Waals surface area contributed by atoms with E-state index in [1.54, 1.807) is 23.2 Å². The van der Waals surface area contributed by atoms with Crippen molar-refractivity contribution in [3.05, 3.63) is 0 Å². The minimum Gasteiger partial charge on any atom is -0.383 e. The van der Waals surface area contributed by atoms with Gasteiger partial charge in [0, 0.05) is 38.7 Å². The molecule has 0 unspecified atom stereocenters. The van der Waals surface area contributed by atoms with Crippen LogP contribution in [0.1, 0.15) is 32.6 Å². The van der Waals surface area contributed by atoms with Crippen molar-refractivity contribution in [1.82, 2.24) is 9.21 Å². The fourth-order valence-corrected chi connectivity index (χ4v) is 5.41. The maximum atomic E-state index is 12.2. The number of amides is 1. The Morgan fingerprint density at radius 2 is 1.90 bits per heavy atom. The Balaban J connectivity index is 2.21. The van der Waals surface area contributed by atoms with Crippen LogP contribution in [-0.4, -0.2) is 68.2 Å². The smallest absolute Gasteiger partial charge is 0.219 e. The molecule has 2 fully saturated rings. The number of likely N-dealkylation sites (tertiary alicyclic amines) is 1. The van der Waals surface area contributed by atoms with E-state index in [1.807, 2.05) is 0 Å². The lowest BCUT2D eigenvalue weighted by Gasteiger charge is -2.45. The topological polar surface area (TPSA) is 66.9 Å². The summed E-state index contributed by atoms with van der Waals surface area (Å²) in [6, 6.07) is -0.0705. The van der Waals surface area contributed by atoms with Crippen LogP contribution in [0.25, 0.3) is 0 Å². The van der Waals surface area contributed by atoms with Gasteiger partial charge in [-0.15, -0.1) is 0 Å². The van der Waals surface area contributed by atoms with Crippen LogP contribution in [0.4, 0.5) is 0 Å². The number of rotatable bonds is 3. The fourth-order valence-electron chi connectivity index (χ4n) is 3.72. The highest BCUT2D eigenvalue weighted by atomic mass is 32.2. The van der Waals surface area contributed by atoms with E-state index in [-0.39, 0.29) is 17.5 Å². The minimum atomic E-state index is -3.27. The molecule has 0 bridgehead atoms. The van der Waals surface area contributed by atoms with Gasteiger partial charge >= 0.3 is 0 Å². The summed E-state index contributed by atoms with van der Waals surface area (Å²) >= 11 is 0. The predicted molar refractivity (Wildman–Crippen MR) is 75.8 cm³/mol. The summed E-state index contributed by atoms with van der Waals surface area (Å²) in [7, 11) is -1.67. The van der Waals surface area contributed by atoms with Gasteiger partial charge in [0.2, 0.25) is 15.9 Å². The van der Waals surface area contributed by atoms with E-state index in [1.165, 1.54) is 6.26 Å². The lowest BCUT2D eigenvalue weighted by Crippen LogP contribution is -2.56. The Morgan fingerprint density at radius 3 is 2.35 bits per heavy atom. The largest absolute Gasteiger partial charge is 0.383 e. The van der Waals surface area contributed by atoms with Crippen molar-refractivity contribution >= 4 is 15.9 Å². The van der Waals surface area contributed by atoms with Crippen molar-refractivity contribution in [2.45, 2.75) is 44.2 Å². The van der Waals surface area contributed by atoms with Crippen molar-refractivity contribution < 1.29 is 17.9 Å². The Labute approximate surface area is 121 Å². The van der Waals surface area contributed by atoms with Crippen LogP contribution in [0.5, 0.6) is 0 Å². The van der Waals surface area contributed by atoms with Gasteiger partial charge in [-0.25, -0.2) is 8.42 Å². The monoisotopic (exact) mass is 304 g/mol. The average molecular weight is 304 g/mol. The summed E-state index contributed by atoms with van der Waals surface area (Å²) in [5.74, 6) is 0.0668. The van der Waals surface area contributed by atoms with Gasteiger partial charge in [-0.2, -0.15) is 4.31 Å². The van der Waals surface area contributed by atoms with E-state index in [9.17, 15) is 13.2 Å². The molecule has 6 nitrogen and oxygen atoms in total. The highest BCUT2D eigenvalue weighted by Gasteiger charge is 2.51. The van der Waals surface area contributed by atoms with E-state index in [4.69, 9.17) is 4.74 Å². The standard InChI is InChI=1S/C13H24N2O4S/c1-11(16)14-8-6-13(7-9-14)5-4-12(10-19-2)15(13)20(3,17)18/h12H,4-10H2,1-3H3/t12-/m0/s1. The quantitative estimate of drug-likeness (QED) is 0.759. The van der Waals surface area contributed by atoms with E-state index >= 15 is 0 Å². The van der Waals surface area contributed by atoms with Crippen LogP contribution < -0.4 is 0 Å². The zero-order valence-corrected chi connectivity index (χ0v) is 13.3.